The molecular formula is C15H19ClN2O2. The van der Waals surface area contributed by atoms with Gasteiger partial charge in [0.25, 0.3) is 5.91 Å². The summed E-state index contributed by atoms with van der Waals surface area (Å²) in [5.41, 5.74) is 6.69. The van der Waals surface area contributed by atoms with Gasteiger partial charge in [0.2, 0.25) is 0 Å². The maximum Gasteiger partial charge on any atom is 0.257 e. The van der Waals surface area contributed by atoms with Crippen LogP contribution in [0.1, 0.15) is 23.2 Å². The summed E-state index contributed by atoms with van der Waals surface area (Å²) in [5.74, 6) is 1.56. The van der Waals surface area contributed by atoms with Crippen LogP contribution >= 0.6 is 11.6 Å². The summed E-state index contributed by atoms with van der Waals surface area (Å²) in [7, 11) is 1.55. The smallest absolute Gasteiger partial charge is 0.257 e. The fourth-order valence-electron chi connectivity index (χ4n) is 3.49. The molecule has 1 aliphatic carbocycles. The van der Waals surface area contributed by atoms with Crippen LogP contribution in [0, 0.1) is 11.8 Å². The summed E-state index contributed by atoms with van der Waals surface area (Å²) in [6, 6.07) is 5.37. The number of amides is 1. The zero-order valence-electron chi connectivity index (χ0n) is 11.5. The van der Waals surface area contributed by atoms with Gasteiger partial charge < -0.3 is 15.4 Å². The van der Waals surface area contributed by atoms with E-state index in [1.165, 1.54) is 0 Å². The molecule has 0 aromatic heterocycles. The normalized spacial score (nSPS) is 28.6. The van der Waals surface area contributed by atoms with Gasteiger partial charge in [-0.3, -0.25) is 4.79 Å². The van der Waals surface area contributed by atoms with Crippen LogP contribution in [-0.2, 0) is 0 Å². The van der Waals surface area contributed by atoms with Crippen LogP contribution in [0.25, 0.3) is 0 Å². The van der Waals surface area contributed by atoms with Crippen LogP contribution in [0.3, 0.4) is 0 Å². The van der Waals surface area contributed by atoms with Crippen LogP contribution < -0.4 is 10.5 Å². The van der Waals surface area contributed by atoms with E-state index in [-0.39, 0.29) is 11.9 Å². The van der Waals surface area contributed by atoms with Crippen molar-refractivity contribution < 1.29 is 9.53 Å². The van der Waals surface area contributed by atoms with E-state index in [2.05, 4.69) is 0 Å². The second kappa shape index (κ2) is 5.26. The lowest BCUT2D eigenvalue weighted by atomic mass is 9.98. The van der Waals surface area contributed by atoms with Crippen LogP contribution in [0.2, 0.25) is 5.02 Å². The fraction of sp³-hybridized carbons (Fsp3) is 0.533. The minimum atomic E-state index is 0.0140. The van der Waals surface area contributed by atoms with E-state index in [4.69, 9.17) is 22.1 Å². The third-order valence-corrected chi connectivity index (χ3v) is 4.83. The average Bonchev–Trinajstić information content (AvgIpc) is 3.00. The molecule has 1 saturated heterocycles. The van der Waals surface area contributed by atoms with Gasteiger partial charge in [-0.2, -0.15) is 0 Å². The molecule has 1 heterocycles. The van der Waals surface area contributed by atoms with Gasteiger partial charge in [0.05, 0.1) is 12.7 Å². The molecule has 1 aromatic rings. The van der Waals surface area contributed by atoms with Gasteiger partial charge in [-0.15, -0.1) is 0 Å². The summed E-state index contributed by atoms with van der Waals surface area (Å²) in [4.78, 5) is 14.5. The number of ether oxygens (including phenoxy) is 1. The molecule has 0 bridgehead atoms. The molecule has 3 atom stereocenters. The van der Waals surface area contributed by atoms with Crippen molar-refractivity contribution in [2.45, 2.75) is 18.9 Å². The Balaban J connectivity index is 1.80. The number of nitrogens with two attached hydrogens (primary N) is 1. The second-order valence-electron chi connectivity index (χ2n) is 5.72. The number of fused-ring (bicyclic) bond motifs is 1. The Bertz CT molecular complexity index is 535. The van der Waals surface area contributed by atoms with Crippen LogP contribution in [0.4, 0.5) is 0 Å². The number of hydrogen-bond acceptors (Lipinski definition) is 3. The van der Waals surface area contributed by atoms with Gasteiger partial charge in [0.1, 0.15) is 5.75 Å². The van der Waals surface area contributed by atoms with Crippen molar-refractivity contribution >= 4 is 17.5 Å². The van der Waals surface area contributed by atoms with E-state index in [9.17, 15) is 4.79 Å². The molecule has 4 nitrogen and oxygen atoms in total. The largest absolute Gasteiger partial charge is 0.496 e. The lowest BCUT2D eigenvalue weighted by Crippen LogP contribution is -2.33. The zero-order chi connectivity index (χ0) is 14.3. The molecule has 108 valence electrons. The topological polar surface area (TPSA) is 55.6 Å². The van der Waals surface area contributed by atoms with Crippen molar-refractivity contribution in [3.8, 4) is 5.75 Å². The van der Waals surface area contributed by atoms with E-state index >= 15 is 0 Å². The van der Waals surface area contributed by atoms with E-state index in [1.807, 2.05) is 4.90 Å². The third kappa shape index (κ3) is 2.27. The van der Waals surface area contributed by atoms with Crippen LogP contribution in [-0.4, -0.2) is 37.0 Å². The van der Waals surface area contributed by atoms with Gasteiger partial charge in [0.15, 0.2) is 0 Å². The number of carbonyl (C=O) groups is 1. The summed E-state index contributed by atoms with van der Waals surface area (Å²) in [6.07, 6.45) is 2.22. The number of rotatable bonds is 2. The summed E-state index contributed by atoms with van der Waals surface area (Å²) < 4.78 is 5.27. The number of benzene rings is 1. The molecule has 0 radical (unpaired) electrons. The van der Waals surface area contributed by atoms with Crippen LogP contribution in [0.15, 0.2) is 18.2 Å². The number of carbonyl (C=O) groups excluding carboxylic acids is 1. The van der Waals surface area contributed by atoms with Gasteiger partial charge in [-0.25, -0.2) is 0 Å². The molecule has 1 aromatic carbocycles. The summed E-state index contributed by atoms with van der Waals surface area (Å²) in [5, 5.41) is 0.568. The summed E-state index contributed by atoms with van der Waals surface area (Å²) >= 11 is 5.94. The van der Waals surface area contributed by atoms with Gasteiger partial charge in [0, 0.05) is 24.2 Å². The van der Waals surface area contributed by atoms with Gasteiger partial charge in [-0.1, -0.05) is 11.6 Å². The van der Waals surface area contributed by atoms with Gasteiger partial charge in [-0.05, 0) is 42.9 Å². The lowest BCUT2D eigenvalue weighted by Gasteiger charge is -2.20. The highest BCUT2D eigenvalue weighted by Crippen LogP contribution is 2.38. The minimum Gasteiger partial charge on any atom is -0.496 e. The Morgan fingerprint density at radius 2 is 2.20 bits per heavy atom. The predicted octanol–water partition coefficient (Wildman–Crippen LogP) is 2.16. The molecule has 1 saturated carbocycles. The summed E-state index contributed by atoms with van der Waals surface area (Å²) in [6.45, 7) is 1.57. The fourth-order valence-corrected chi connectivity index (χ4v) is 3.65. The molecule has 0 spiro atoms. The molecule has 3 rings (SSSR count). The number of likely N-dealkylation sites (tertiary alicyclic amines) is 1. The average molecular weight is 295 g/mol. The standard InChI is InChI=1S/C15H19ClN2O2/c1-20-14-6-10(16)3-4-11(14)15(19)18-7-9-2-5-13(17)12(9)8-18/h3-4,6,9,12-13H,2,5,7-8,17H2,1H3. The number of nitrogens with zero attached hydrogens (tertiary/aromatic N) is 1. The maximum atomic E-state index is 12.6. The van der Waals surface area contributed by atoms with Crippen molar-refractivity contribution in [1.29, 1.82) is 0 Å². The Morgan fingerprint density at radius 3 is 2.90 bits per heavy atom. The molecule has 2 N–H and O–H groups in total. The highest BCUT2D eigenvalue weighted by Gasteiger charge is 2.42. The van der Waals surface area contributed by atoms with Crippen LogP contribution in [0.5, 0.6) is 5.75 Å². The van der Waals surface area contributed by atoms with Crippen molar-refractivity contribution in [1.82, 2.24) is 4.90 Å². The highest BCUT2D eigenvalue weighted by atomic mass is 35.5. The monoisotopic (exact) mass is 294 g/mol. The quantitative estimate of drug-likeness (QED) is 0.909. The molecule has 3 unspecified atom stereocenters. The Hall–Kier alpha value is -1.26. The van der Waals surface area contributed by atoms with Crippen molar-refractivity contribution in [3.05, 3.63) is 28.8 Å². The molecule has 2 aliphatic rings. The first-order chi connectivity index (χ1) is 9.60. The molecule has 2 fully saturated rings. The number of methoxy groups -OCH3 is 1. The molecule has 20 heavy (non-hydrogen) atoms. The van der Waals surface area contributed by atoms with Gasteiger partial charge >= 0.3 is 0 Å². The third-order valence-electron chi connectivity index (χ3n) is 4.59. The predicted molar refractivity (Wildman–Crippen MR) is 78.1 cm³/mol. The number of hydrogen-bond donors (Lipinski definition) is 1. The Labute approximate surface area is 123 Å². The second-order valence-corrected chi connectivity index (χ2v) is 6.16. The lowest BCUT2D eigenvalue weighted by molar-refractivity contribution is 0.0776. The van der Waals surface area contributed by atoms with E-state index in [0.717, 1.165) is 25.9 Å². The van der Waals surface area contributed by atoms with E-state index in [1.54, 1.807) is 25.3 Å². The first-order valence-electron chi connectivity index (χ1n) is 6.98. The SMILES string of the molecule is COc1cc(Cl)ccc1C(=O)N1CC2CCC(N)C2C1. The van der Waals surface area contributed by atoms with E-state index < -0.39 is 0 Å². The Morgan fingerprint density at radius 1 is 1.40 bits per heavy atom. The van der Waals surface area contributed by atoms with Crippen molar-refractivity contribution in [3.63, 3.8) is 0 Å². The Kier molecular flexibility index (Phi) is 3.61. The van der Waals surface area contributed by atoms with E-state index in [0.29, 0.717) is 28.2 Å². The minimum absolute atomic E-state index is 0.0140. The number of halogens is 1. The first-order valence-corrected chi connectivity index (χ1v) is 7.36. The van der Waals surface area contributed by atoms with Crippen molar-refractivity contribution in [2.24, 2.45) is 17.6 Å². The molecule has 5 heteroatoms. The first kappa shape index (κ1) is 13.7. The molecule has 1 amide bonds. The maximum absolute atomic E-state index is 12.6. The molecule has 1 aliphatic heterocycles. The van der Waals surface area contributed by atoms with Crippen molar-refractivity contribution in [2.75, 3.05) is 20.2 Å². The highest BCUT2D eigenvalue weighted by molar-refractivity contribution is 6.30. The molecular weight excluding hydrogens is 276 g/mol. The zero-order valence-corrected chi connectivity index (χ0v) is 12.3.